The van der Waals surface area contributed by atoms with Crippen molar-refractivity contribution in [2.75, 3.05) is 5.32 Å². The van der Waals surface area contributed by atoms with Gasteiger partial charge in [-0.2, -0.15) is 0 Å². The second kappa shape index (κ2) is 5.16. The van der Waals surface area contributed by atoms with Gasteiger partial charge in [-0.15, -0.1) is 0 Å². The minimum atomic E-state index is -0.137. The Hall–Kier alpha value is -3.21. The highest BCUT2D eigenvalue weighted by atomic mass is 16.3. The van der Waals surface area contributed by atoms with Crippen LogP contribution in [0.25, 0.3) is 27.4 Å². The topological polar surface area (TPSA) is 59.2 Å². The number of rotatable bonds is 2. The fourth-order valence-corrected chi connectivity index (χ4v) is 3.07. The maximum absolute atomic E-state index is 11.2. The van der Waals surface area contributed by atoms with E-state index in [-0.39, 0.29) is 11.8 Å². The molecule has 0 radical (unpaired) electrons. The standard InChI is InChI=1S/C19H17N3O2/c1-12(23)20-15-5-3-14-11-22(19(24)17(14)9-15)16-6-4-13-7-8-21(2)18(13)10-16/h3-11,24H,1-2H3,(H,20,23). The molecule has 1 amide bonds. The van der Waals surface area contributed by atoms with Gasteiger partial charge < -0.3 is 15.0 Å². The predicted molar refractivity (Wildman–Crippen MR) is 95.7 cm³/mol. The molecule has 120 valence electrons. The molecule has 5 nitrogen and oxygen atoms in total. The Balaban J connectivity index is 1.87. The fraction of sp³-hybridized carbons (Fsp3) is 0.105. The first-order valence-electron chi connectivity index (χ1n) is 7.70. The van der Waals surface area contributed by atoms with Crippen molar-refractivity contribution in [1.82, 2.24) is 9.13 Å². The first-order valence-corrected chi connectivity index (χ1v) is 7.70. The van der Waals surface area contributed by atoms with Crippen molar-refractivity contribution in [2.24, 2.45) is 7.05 Å². The van der Waals surface area contributed by atoms with E-state index in [1.807, 2.05) is 54.3 Å². The monoisotopic (exact) mass is 319 g/mol. The predicted octanol–water partition coefficient (Wildman–Crippen LogP) is 3.79. The van der Waals surface area contributed by atoms with Gasteiger partial charge in [-0.25, -0.2) is 0 Å². The van der Waals surface area contributed by atoms with Gasteiger partial charge in [0.1, 0.15) is 0 Å². The number of hydrogen-bond donors (Lipinski definition) is 2. The smallest absolute Gasteiger partial charge is 0.221 e. The SMILES string of the molecule is CC(=O)Nc1ccc2cn(-c3ccc4ccn(C)c4c3)c(O)c2c1. The van der Waals surface area contributed by atoms with Crippen molar-refractivity contribution in [2.45, 2.75) is 6.92 Å². The van der Waals surface area contributed by atoms with Crippen LogP contribution in [0.3, 0.4) is 0 Å². The molecule has 2 aromatic carbocycles. The van der Waals surface area contributed by atoms with Gasteiger partial charge in [-0.05, 0) is 35.7 Å². The first kappa shape index (κ1) is 14.4. The molecule has 0 spiro atoms. The molecule has 5 heteroatoms. The van der Waals surface area contributed by atoms with E-state index in [2.05, 4.69) is 11.4 Å². The quantitative estimate of drug-likeness (QED) is 0.590. The van der Waals surface area contributed by atoms with E-state index in [0.29, 0.717) is 11.1 Å². The van der Waals surface area contributed by atoms with E-state index in [1.165, 1.54) is 6.92 Å². The zero-order chi connectivity index (χ0) is 16.8. The summed E-state index contributed by atoms with van der Waals surface area (Å²) in [6, 6.07) is 13.6. The lowest BCUT2D eigenvalue weighted by molar-refractivity contribution is -0.114. The van der Waals surface area contributed by atoms with Crippen molar-refractivity contribution in [3.63, 3.8) is 0 Å². The van der Waals surface area contributed by atoms with Crippen LogP contribution < -0.4 is 5.32 Å². The van der Waals surface area contributed by atoms with Crippen LogP contribution in [-0.4, -0.2) is 20.1 Å². The number of hydrogen-bond acceptors (Lipinski definition) is 2. The van der Waals surface area contributed by atoms with Crippen LogP contribution in [-0.2, 0) is 11.8 Å². The number of amides is 1. The highest BCUT2D eigenvalue weighted by Crippen LogP contribution is 2.33. The number of fused-ring (bicyclic) bond motifs is 2. The molecule has 0 fully saturated rings. The Morgan fingerprint density at radius 3 is 2.67 bits per heavy atom. The molecular formula is C19H17N3O2. The number of benzene rings is 2. The summed E-state index contributed by atoms with van der Waals surface area (Å²) in [5.74, 6) is 0.0215. The summed E-state index contributed by atoms with van der Waals surface area (Å²) in [6.07, 6.45) is 3.91. The van der Waals surface area contributed by atoms with Gasteiger partial charge in [-0.3, -0.25) is 9.36 Å². The van der Waals surface area contributed by atoms with E-state index in [1.54, 1.807) is 10.6 Å². The van der Waals surface area contributed by atoms with Gasteiger partial charge in [0, 0.05) is 48.3 Å². The Bertz CT molecular complexity index is 1090. The molecule has 0 unspecified atom stereocenters. The van der Waals surface area contributed by atoms with Crippen LogP contribution in [0.15, 0.2) is 54.9 Å². The summed E-state index contributed by atoms with van der Waals surface area (Å²) >= 11 is 0. The molecule has 2 aromatic heterocycles. The largest absolute Gasteiger partial charge is 0.494 e. The lowest BCUT2D eigenvalue weighted by atomic mass is 10.2. The highest BCUT2D eigenvalue weighted by molar-refractivity contribution is 5.96. The summed E-state index contributed by atoms with van der Waals surface area (Å²) in [4.78, 5) is 11.2. The second-order valence-electron chi connectivity index (χ2n) is 5.98. The van der Waals surface area contributed by atoms with Crippen molar-refractivity contribution < 1.29 is 9.90 Å². The Kier molecular flexibility index (Phi) is 3.09. The molecule has 24 heavy (non-hydrogen) atoms. The van der Waals surface area contributed by atoms with Crippen LogP contribution in [0, 0.1) is 0 Å². The molecule has 0 saturated carbocycles. The molecule has 0 aliphatic rings. The average Bonchev–Trinajstić information content (AvgIpc) is 3.08. The Morgan fingerprint density at radius 1 is 1.08 bits per heavy atom. The summed E-state index contributed by atoms with van der Waals surface area (Å²) in [5.41, 5.74) is 2.66. The molecule has 2 N–H and O–H groups in total. The summed E-state index contributed by atoms with van der Waals surface area (Å²) in [5, 5.41) is 16.1. The second-order valence-corrected chi connectivity index (χ2v) is 5.98. The fourth-order valence-electron chi connectivity index (χ4n) is 3.07. The summed E-state index contributed by atoms with van der Waals surface area (Å²) < 4.78 is 3.81. The maximum Gasteiger partial charge on any atom is 0.221 e. The van der Waals surface area contributed by atoms with Crippen LogP contribution in [0.1, 0.15) is 6.92 Å². The zero-order valence-corrected chi connectivity index (χ0v) is 13.4. The maximum atomic E-state index is 11.2. The van der Waals surface area contributed by atoms with Gasteiger partial charge >= 0.3 is 0 Å². The molecule has 0 aliphatic heterocycles. The number of nitrogens with zero attached hydrogens (tertiary/aromatic N) is 2. The third kappa shape index (κ3) is 2.22. The van der Waals surface area contributed by atoms with Gasteiger partial charge in [0.25, 0.3) is 0 Å². The molecule has 0 bridgehead atoms. The molecule has 4 aromatic rings. The minimum Gasteiger partial charge on any atom is -0.494 e. The number of aromatic hydroxyl groups is 1. The van der Waals surface area contributed by atoms with Gasteiger partial charge in [-0.1, -0.05) is 12.1 Å². The van der Waals surface area contributed by atoms with E-state index >= 15 is 0 Å². The lowest BCUT2D eigenvalue weighted by Crippen LogP contribution is -2.05. The molecule has 0 saturated heterocycles. The molecule has 4 rings (SSSR count). The van der Waals surface area contributed by atoms with E-state index in [0.717, 1.165) is 22.0 Å². The minimum absolute atomic E-state index is 0.137. The van der Waals surface area contributed by atoms with Crippen LogP contribution >= 0.6 is 0 Å². The third-order valence-electron chi connectivity index (χ3n) is 4.26. The number of carbonyl (C=O) groups excluding carboxylic acids is 1. The first-order chi connectivity index (χ1) is 11.5. The van der Waals surface area contributed by atoms with Crippen molar-refractivity contribution in [3.05, 3.63) is 54.9 Å². The molecule has 0 atom stereocenters. The van der Waals surface area contributed by atoms with Gasteiger partial charge in [0.05, 0.1) is 5.69 Å². The summed E-state index contributed by atoms with van der Waals surface area (Å²) in [6.45, 7) is 1.46. The van der Waals surface area contributed by atoms with E-state index in [4.69, 9.17) is 0 Å². The summed E-state index contributed by atoms with van der Waals surface area (Å²) in [7, 11) is 2.00. The van der Waals surface area contributed by atoms with Crippen LogP contribution in [0.5, 0.6) is 5.88 Å². The number of carbonyl (C=O) groups is 1. The van der Waals surface area contributed by atoms with Crippen molar-refractivity contribution in [3.8, 4) is 11.6 Å². The van der Waals surface area contributed by atoms with Gasteiger partial charge in [0.15, 0.2) is 0 Å². The lowest BCUT2D eigenvalue weighted by Gasteiger charge is -2.06. The van der Waals surface area contributed by atoms with Crippen LogP contribution in [0.2, 0.25) is 0 Å². The molecular weight excluding hydrogens is 302 g/mol. The number of aromatic nitrogens is 2. The third-order valence-corrected chi connectivity index (χ3v) is 4.26. The van der Waals surface area contributed by atoms with Gasteiger partial charge in [0.2, 0.25) is 11.8 Å². The zero-order valence-electron chi connectivity index (χ0n) is 13.4. The molecule has 0 aliphatic carbocycles. The Labute approximate surface area is 138 Å². The van der Waals surface area contributed by atoms with Crippen molar-refractivity contribution in [1.29, 1.82) is 0 Å². The van der Waals surface area contributed by atoms with Crippen molar-refractivity contribution >= 4 is 33.3 Å². The average molecular weight is 319 g/mol. The number of nitrogens with one attached hydrogen (secondary N) is 1. The van der Waals surface area contributed by atoms with E-state index in [9.17, 15) is 9.90 Å². The van der Waals surface area contributed by atoms with E-state index < -0.39 is 0 Å². The molecule has 2 heterocycles. The highest BCUT2D eigenvalue weighted by Gasteiger charge is 2.12. The number of aryl methyl sites for hydroxylation is 1. The van der Waals surface area contributed by atoms with Crippen LogP contribution in [0.4, 0.5) is 5.69 Å². The Morgan fingerprint density at radius 2 is 1.88 bits per heavy atom. The number of anilines is 1. The normalized spacial score (nSPS) is 11.2.